The van der Waals surface area contributed by atoms with E-state index in [0.717, 1.165) is 30.8 Å². The Hall–Kier alpha value is -2.21. The second-order valence-electron chi connectivity index (χ2n) is 5.38. The number of aromatic nitrogens is 3. The minimum absolute atomic E-state index is 0.166. The molecule has 0 amide bonds. The molecule has 1 aliphatic rings. The highest BCUT2D eigenvalue weighted by Crippen LogP contribution is 2.20. The standard InChI is InChI=1S/C15H18N4O2/c1-10-7-14(21)18-15(17-10)11-4-5-13(16-8-11)19-6-2-3-12(20)9-19/h4-5,7-8,12,20H,2-3,6,9H2,1H3,(H,17,18,21). The first-order chi connectivity index (χ1) is 10.1. The van der Waals surface area contributed by atoms with Gasteiger partial charge in [-0.1, -0.05) is 0 Å². The van der Waals surface area contributed by atoms with Crippen molar-refractivity contribution in [2.24, 2.45) is 0 Å². The zero-order valence-electron chi connectivity index (χ0n) is 11.9. The molecule has 1 fully saturated rings. The number of hydrogen-bond acceptors (Lipinski definition) is 5. The lowest BCUT2D eigenvalue weighted by Crippen LogP contribution is -2.38. The van der Waals surface area contributed by atoms with Gasteiger partial charge in [0.1, 0.15) is 11.6 Å². The molecular formula is C15H18N4O2. The molecule has 6 nitrogen and oxygen atoms in total. The number of aliphatic hydroxyl groups excluding tert-OH is 1. The van der Waals surface area contributed by atoms with Gasteiger partial charge in [0.25, 0.3) is 5.56 Å². The third-order valence-corrected chi connectivity index (χ3v) is 3.61. The molecule has 1 atom stereocenters. The molecule has 21 heavy (non-hydrogen) atoms. The highest BCUT2D eigenvalue weighted by molar-refractivity contribution is 5.56. The predicted octanol–water partition coefficient (Wildman–Crippen LogP) is 1.10. The van der Waals surface area contributed by atoms with E-state index in [1.807, 2.05) is 12.1 Å². The Kier molecular flexibility index (Phi) is 3.70. The number of hydrogen-bond donors (Lipinski definition) is 2. The van der Waals surface area contributed by atoms with Gasteiger partial charge in [-0.3, -0.25) is 4.79 Å². The molecule has 2 aromatic heterocycles. The summed E-state index contributed by atoms with van der Waals surface area (Å²) < 4.78 is 0. The summed E-state index contributed by atoms with van der Waals surface area (Å²) in [6.45, 7) is 3.31. The fourth-order valence-electron chi connectivity index (χ4n) is 2.59. The highest BCUT2D eigenvalue weighted by atomic mass is 16.3. The van der Waals surface area contributed by atoms with Crippen molar-refractivity contribution in [3.63, 3.8) is 0 Å². The summed E-state index contributed by atoms with van der Waals surface area (Å²) >= 11 is 0. The zero-order chi connectivity index (χ0) is 14.8. The Bertz CT molecular complexity index is 681. The van der Waals surface area contributed by atoms with Crippen molar-refractivity contribution in [1.29, 1.82) is 0 Å². The van der Waals surface area contributed by atoms with E-state index in [1.165, 1.54) is 6.07 Å². The summed E-state index contributed by atoms with van der Waals surface area (Å²) in [6, 6.07) is 5.25. The molecule has 0 aliphatic carbocycles. The van der Waals surface area contributed by atoms with Gasteiger partial charge in [0.05, 0.1) is 6.10 Å². The first-order valence-electron chi connectivity index (χ1n) is 7.09. The van der Waals surface area contributed by atoms with Gasteiger partial charge in [-0.25, -0.2) is 9.97 Å². The summed E-state index contributed by atoms with van der Waals surface area (Å²) in [6.07, 6.45) is 3.24. The van der Waals surface area contributed by atoms with E-state index in [9.17, 15) is 9.90 Å². The average molecular weight is 286 g/mol. The number of pyridine rings is 1. The maximum Gasteiger partial charge on any atom is 0.251 e. The van der Waals surface area contributed by atoms with Crippen molar-refractivity contribution in [1.82, 2.24) is 15.0 Å². The molecule has 0 spiro atoms. The first-order valence-corrected chi connectivity index (χ1v) is 7.09. The molecule has 6 heteroatoms. The number of β-amino-alcohol motifs (C(OH)–C–C–N with tert-alkyl or cyclic N) is 1. The predicted molar refractivity (Wildman–Crippen MR) is 80.3 cm³/mol. The number of aryl methyl sites for hydroxylation is 1. The first kappa shape index (κ1) is 13.8. The molecular weight excluding hydrogens is 268 g/mol. The number of nitrogens with one attached hydrogen (secondary N) is 1. The molecule has 3 rings (SSSR count). The third-order valence-electron chi connectivity index (χ3n) is 3.61. The smallest absolute Gasteiger partial charge is 0.251 e. The number of aliphatic hydroxyl groups is 1. The minimum Gasteiger partial charge on any atom is -0.391 e. The lowest BCUT2D eigenvalue weighted by molar-refractivity contribution is 0.154. The van der Waals surface area contributed by atoms with Crippen LogP contribution in [-0.2, 0) is 0 Å². The summed E-state index contributed by atoms with van der Waals surface area (Å²) in [5.41, 5.74) is 1.29. The van der Waals surface area contributed by atoms with Crippen molar-refractivity contribution in [3.8, 4) is 11.4 Å². The second-order valence-corrected chi connectivity index (χ2v) is 5.38. The van der Waals surface area contributed by atoms with Crippen LogP contribution < -0.4 is 10.5 Å². The second kappa shape index (κ2) is 5.65. The Morgan fingerprint density at radius 1 is 1.43 bits per heavy atom. The highest BCUT2D eigenvalue weighted by Gasteiger charge is 2.18. The van der Waals surface area contributed by atoms with Gasteiger partial charge < -0.3 is 15.0 Å². The van der Waals surface area contributed by atoms with Crippen LogP contribution in [0.15, 0.2) is 29.2 Å². The van der Waals surface area contributed by atoms with Gasteiger partial charge in [0.2, 0.25) is 0 Å². The molecule has 0 bridgehead atoms. The topological polar surface area (TPSA) is 82.1 Å². The summed E-state index contributed by atoms with van der Waals surface area (Å²) in [5.74, 6) is 1.37. The fraction of sp³-hybridized carbons (Fsp3) is 0.400. The maximum absolute atomic E-state index is 11.5. The van der Waals surface area contributed by atoms with Crippen LogP contribution in [0.4, 0.5) is 5.82 Å². The Morgan fingerprint density at radius 2 is 2.29 bits per heavy atom. The van der Waals surface area contributed by atoms with Crippen LogP contribution in [0.25, 0.3) is 11.4 Å². The van der Waals surface area contributed by atoms with Crippen LogP contribution >= 0.6 is 0 Å². The van der Waals surface area contributed by atoms with E-state index < -0.39 is 0 Å². The Balaban J connectivity index is 1.85. The maximum atomic E-state index is 11.5. The fourth-order valence-corrected chi connectivity index (χ4v) is 2.59. The van der Waals surface area contributed by atoms with Gasteiger partial charge in [-0.05, 0) is 31.9 Å². The number of aromatic amines is 1. The van der Waals surface area contributed by atoms with Crippen molar-refractivity contribution >= 4 is 5.82 Å². The number of rotatable bonds is 2. The van der Waals surface area contributed by atoms with Gasteiger partial charge >= 0.3 is 0 Å². The molecule has 2 N–H and O–H groups in total. The Labute approximate surface area is 122 Å². The minimum atomic E-state index is -0.282. The van der Waals surface area contributed by atoms with E-state index >= 15 is 0 Å². The molecule has 2 aromatic rings. The molecule has 0 radical (unpaired) electrons. The lowest BCUT2D eigenvalue weighted by atomic mass is 10.1. The molecule has 3 heterocycles. The summed E-state index contributed by atoms with van der Waals surface area (Å²) in [7, 11) is 0. The van der Waals surface area contributed by atoms with Crippen LogP contribution in [0.3, 0.4) is 0 Å². The molecule has 1 unspecified atom stereocenters. The molecule has 1 saturated heterocycles. The van der Waals surface area contributed by atoms with E-state index in [1.54, 1.807) is 13.1 Å². The molecule has 0 saturated carbocycles. The van der Waals surface area contributed by atoms with Gasteiger partial charge in [-0.2, -0.15) is 0 Å². The largest absolute Gasteiger partial charge is 0.391 e. The molecule has 0 aromatic carbocycles. The van der Waals surface area contributed by atoms with Crippen LogP contribution in [-0.4, -0.2) is 39.3 Å². The zero-order valence-corrected chi connectivity index (χ0v) is 11.9. The third kappa shape index (κ3) is 3.11. The van der Waals surface area contributed by atoms with Crippen molar-refractivity contribution in [3.05, 3.63) is 40.4 Å². The summed E-state index contributed by atoms with van der Waals surface area (Å²) in [4.78, 5) is 25.0. The average Bonchev–Trinajstić information content (AvgIpc) is 2.46. The van der Waals surface area contributed by atoms with Crippen LogP contribution in [0, 0.1) is 6.92 Å². The van der Waals surface area contributed by atoms with Gasteiger partial charge in [0.15, 0.2) is 0 Å². The molecule has 110 valence electrons. The van der Waals surface area contributed by atoms with E-state index in [0.29, 0.717) is 18.1 Å². The number of anilines is 1. The van der Waals surface area contributed by atoms with Crippen LogP contribution in [0.5, 0.6) is 0 Å². The quantitative estimate of drug-likeness (QED) is 0.864. The van der Waals surface area contributed by atoms with Gasteiger partial charge in [0, 0.05) is 36.6 Å². The molecule has 1 aliphatic heterocycles. The van der Waals surface area contributed by atoms with Gasteiger partial charge in [-0.15, -0.1) is 0 Å². The summed E-state index contributed by atoms with van der Waals surface area (Å²) in [5, 5.41) is 9.72. The van der Waals surface area contributed by atoms with Crippen LogP contribution in [0.2, 0.25) is 0 Å². The van der Waals surface area contributed by atoms with E-state index in [2.05, 4.69) is 19.9 Å². The number of piperidine rings is 1. The van der Waals surface area contributed by atoms with E-state index in [4.69, 9.17) is 0 Å². The Morgan fingerprint density at radius 3 is 2.95 bits per heavy atom. The number of H-pyrrole nitrogens is 1. The van der Waals surface area contributed by atoms with Crippen LogP contribution in [0.1, 0.15) is 18.5 Å². The number of nitrogens with zero attached hydrogens (tertiary/aromatic N) is 3. The monoisotopic (exact) mass is 286 g/mol. The van der Waals surface area contributed by atoms with Crippen molar-refractivity contribution < 1.29 is 5.11 Å². The van der Waals surface area contributed by atoms with E-state index in [-0.39, 0.29) is 11.7 Å². The normalized spacial score (nSPS) is 18.8. The lowest BCUT2D eigenvalue weighted by Gasteiger charge is -2.31. The van der Waals surface area contributed by atoms with Crippen molar-refractivity contribution in [2.45, 2.75) is 25.9 Å². The van der Waals surface area contributed by atoms with Crippen molar-refractivity contribution in [2.75, 3.05) is 18.0 Å². The SMILES string of the molecule is Cc1cc(=O)[nH]c(-c2ccc(N3CCCC(O)C3)nc2)n1.